The van der Waals surface area contributed by atoms with E-state index in [4.69, 9.17) is 16.3 Å². The van der Waals surface area contributed by atoms with Gasteiger partial charge in [-0.2, -0.15) is 0 Å². The van der Waals surface area contributed by atoms with Gasteiger partial charge in [0, 0.05) is 22.1 Å². The summed E-state index contributed by atoms with van der Waals surface area (Å²) in [6.45, 7) is 7.38. The predicted octanol–water partition coefficient (Wildman–Crippen LogP) is 6.03. The van der Waals surface area contributed by atoms with E-state index < -0.39 is 28.5 Å². The van der Waals surface area contributed by atoms with E-state index in [0.717, 1.165) is 14.3 Å². The van der Waals surface area contributed by atoms with Gasteiger partial charge in [-0.1, -0.05) is 46.6 Å². The number of benzene rings is 3. The molecule has 0 fully saturated rings. The SMILES string of the molecule is CCOc1ccc(N(CC(=O)N(Cc2ccc(Cl)cc2)[C@@H](CC)C(=O)NC(C)C)S(=O)(=O)c2ccc(Br)cc2)cc1. The summed E-state index contributed by atoms with van der Waals surface area (Å²) in [7, 11) is -4.17. The van der Waals surface area contributed by atoms with Gasteiger partial charge in [-0.25, -0.2) is 8.42 Å². The van der Waals surface area contributed by atoms with E-state index in [1.807, 2.05) is 27.7 Å². The first-order chi connectivity index (χ1) is 19.5. The molecule has 0 bridgehead atoms. The van der Waals surface area contributed by atoms with Crippen LogP contribution < -0.4 is 14.4 Å². The Labute approximate surface area is 255 Å². The normalized spacial score (nSPS) is 12.1. The molecule has 1 atom stereocenters. The highest BCUT2D eigenvalue weighted by Gasteiger charge is 2.34. The minimum atomic E-state index is -4.17. The fourth-order valence-corrected chi connectivity index (χ4v) is 6.03. The molecule has 8 nitrogen and oxygen atoms in total. The van der Waals surface area contributed by atoms with Crippen LogP contribution in [0.4, 0.5) is 5.69 Å². The van der Waals surface area contributed by atoms with Crippen molar-refractivity contribution in [2.45, 2.75) is 57.6 Å². The van der Waals surface area contributed by atoms with Crippen LogP contribution in [0.25, 0.3) is 0 Å². The van der Waals surface area contributed by atoms with Gasteiger partial charge in [0.2, 0.25) is 11.8 Å². The van der Waals surface area contributed by atoms with Crippen molar-refractivity contribution in [2.24, 2.45) is 0 Å². The molecule has 2 amide bonds. The minimum Gasteiger partial charge on any atom is -0.494 e. The lowest BCUT2D eigenvalue weighted by Crippen LogP contribution is -2.53. The summed E-state index contributed by atoms with van der Waals surface area (Å²) in [5, 5.41) is 3.42. The Morgan fingerprint density at radius 1 is 0.951 bits per heavy atom. The van der Waals surface area contributed by atoms with Crippen LogP contribution in [0.1, 0.15) is 39.7 Å². The van der Waals surface area contributed by atoms with Crippen molar-refractivity contribution in [1.82, 2.24) is 10.2 Å². The van der Waals surface area contributed by atoms with Crippen LogP contribution in [0.3, 0.4) is 0 Å². The smallest absolute Gasteiger partial charge is 0.264 e. The monoisotopic (exact) mass is 663 g/mol. The van der Waals surface area contributed by atoms with E-state index in [9.17, 15) is 18.0 Å². The summed E-state index contributed by atoms with van der Waals surface area (Å²) in [6, 6.07) is 18.7. The zero-order chi connectivity index (χ0) is 30.2. The molecule has 3 aromatic carbocycles. The van der Waals surface area contributed by atoms with Crippen LogP contribution in [0, 0.1) is 0 Å². The standard InChI is InChI=1S/C30H35BrClN3O5S/c1-5-28(30(37)33-21(3)4)34(19-22-7-11-24(32)12-8-22)29(36)20-35(25-13-15-26(16-14-25)40-6-2)41(38,39)27-17-9-23(31)10-18-27/h7-18,21,28H,5-6,19-20H2,1-4H3,(H,33,37)/t28-/m0/s1. The fraction of sp³-hybridized carbons (Fsp3) is 0.333. The van der Waals surface area contributed by atoms with Gasteiger partial charge in [-0.05, 0) is 93.4 Å². The maximum Gasteiger partial charge on any atom is 0.264 e. The Morgan fingerprint density at radius 3 is 2.10 bits per heavy atom. The maximum absolute atomic E-state index is 14.1. The highest BCUT2D eigenvalue weighted by atomic mass is 79.9. The number of hydrogen-bond acceptors (Lipinski definition) is 5. The van der Waals surface area contributed by atoms with Crippen LogP contribution in [-0.4, -0.2) is 50.4 Å². The summed E-state index contributed by atoms with van der Waals surface area (Å²) >= 11 is 9.40. The summed E-state index contributed by atoms with van der Waals surface area (Å²) < 4.78 is 35.2. The number of carbonyl (C=O) groups excluding carboxylic acids is 2. The third-order valence-electron chi connectivity index (χ3n) is 6.20. The second-order valence-electron chi connectivity index (χ2n) is 9.63. The van der Waals surface area contributed by atoms with Crippen LogP contribution in [0.15, 0.2) is 82.2 Å². The van der Waals surface area contributed by atoms with E-state index in [0.29, 0.717) is 23.8 Å². The first-order valence-corrected chi connectivity index (χ1v) is 15.9. The van der Waals surface area contributed by atoms with Crippen LogP contribution in [0.2, 0.25) is 5.02 Å². The molecule has 0 aliphatic rings. The Kier molecular flexibility index (Phi) is 11.6. The molecule has 41 heavy (non-hydrogen) atoms. The maximum atomic E-state index is 14.1. The number of rotatable bonds is 13. The first-order valence-electron chi connectivity index (χ1n) is 13.3. The quantitative estimate of drug-likeness (QED) is 0.241. The van der Waals surface area contributed by atoms with E-state index in [1.165, 1.54) is 17.0 Å². The van der Waals surface area contributed by atoms with Crippen molar-refractivity contribution in [3.8, 4) is 5.75 Å². The molecule has 0 saturated carbocycles. The highest BCUT2D eigenvalue weighted by Crippen LogP contribution is 2.28. The molecule has 0 aromatic heterocycles. The number of anilines is 1. The molecule has 0 saturated heterocycles. The van der Waals surface area contributed by atoms with Gasteiger partial charge in [0.15, 0.2) is 0 Å². The molecule has 0 unspecified atom stereocenters. The zero-order valence-corrected chi connectivity index (χ0v) is 26.7. The van der Waals surface area contributed by atoms with Crippen molar-refractivity contribution in [3.05, 3.63) is 87.9 Å². The summed E-state index contributed by atoms with van der Waals surface area (Å²) in [5.41, 5.74) is 1.04. The van der Waals surface area contributed by atoms with Gasteiger partial charge in [0.05, 0.1) is 17.2 Å². The largest absolute Gasteiger partial charge is 0.494 e. The minimum absolute atomic E-state index is 0.0243. The lowest BCUT2D eigenvalue weighted by Gasteiger charge is -2.33. The lowest BCUT2D eigenvalue weighted by atomic mass is 10.1. The van der Waals surface area contributed by atoms with E-state index >= 15 is 0 Å². The molecular weight excluding hydrogens is 630 g/mol. The van der Waals surface area contributed by atoms with Crippen LogP contribution >= 0.6 is 27.5 Å². The van der Waals surface area contributed by atoms with Gasteiger partial charge in [-0.15, -0.1) is 0 Å². The van der Waals surface area contributed by atoms with Crippen molar-refractivity contribution in [1.29, 1.82) is 0 Å². The fourth-order valence-electron chi connectivity index (χ4n) is 4.22. The van der Waals surface area contributed by atoms with Crippen molar-refractivity contribution < 1.29 is 22.7 Å². The number of amides is 2. The molecule has 0 aliphatic heterocycles. The average molecular weight is 665 g/mol. The molecular formula is C30H35BrClN3O5S. The van der Waals surface area contributed by atoms with Gasteiger partial charge in [0.1, 0.15) is 18.3 Å². The second kappa shape index (κ2) is 14.7. The highest BCUT2D eigenvalue weighted by molar-refractivity contribution is 9.10. The van der Waals surface area contributed by atoms with E-state index in [2.05, 4.69) is 21.2 Å². The Balaban J connectivity index is 2.06. The molecule has 11 heteroatoms. The molecule has 3 aromatic rings. The number of nitrogens with one attached hydrogen (secondary N) is 1. The number of carbonyl (C=O) groups is 2. The van der Waals surface area contributed by atoms with Crippen molar-refractivity contribution >= 4 is 55.1 Å². The number of hydrogen-bond donors (Lipinski definition) is 1. The molecule has 0 heterocycles. The van der Waals surface area contributed by atoms with Gasteiger partial charge in [0.25, 0.3) is 10.0 Å². The van der Waals surface area contributed by atoms with Gasteiger partial charge < -0.3 is 15.0 Å². The summed E-state index contributed by atoms with van der Waals surface area (Å²) in [6.07, 6.45) is 0.334. The lowest BCUT2D eigenvalue weighted by molar-refractivity contribution is -0.140. The molecule has 3 rings (SSSR count). The Bertz CT molecular complexity index is 1420. The molecule has 0 aliphatic carbocycles. The second-order valence-corrected chi connectivity index (χ2v) is 12.8. The number of nitrogens with zero attached hydrogens (tertiary/aromatic N) is 2. The number of ether oxygens (including phenoxy) is 1. The molecule has 220 valence electrons. The molecule has 1 N–H and O–H groups in total. The molecule has 0 radical (unpaired) electrons. The Morgan fingerprint density at radius 2 is 1.56 bits per heavy atom. The summed E-state index contributed by atoms with van der Waals surface area (Å²) in [4.78, 5) is 28.7. The summed E-state index contributed by atoms with van der Waals surface area (Å²) in [5.74, 6) is -0.266. The van der Waals surface area contributed by atoms with Crippen molar-refractivity contribution in [3.63, 3.8) is 0 Å². The third kappa shape index (κ3) is 8.70. The predicted molar refractivity (Wildman–Crippen MR) is 166 cm³/mol. The number of sulfonamides is 1. The van der Waals surface area contributed by atoms with Crippen molar-refractivity contribution in [2.75, 3.05) is 17.5 Å². The van der Waals surface area contributed by atoms with E-state index in [1.54, 1.807) is 60.7 Å². The van der Waals surface area contributed by atoms with Crippen LogP contribution in [0.5, 0.6) is 5.75 Å². The molecule has 0 spiro atoms. The van der Waals surface area contributed by atoms with E-state index in [-0.39, 0.29) is 29.1 Å². The number of halogens is 2. The van der Waals surface area contributed by atoms with Gasteiger partial charge >= 0.3 is 0 Å². The van der Waals surface area contributed by atoms with Crippen LogP contribution in [-0.2, 0) is 26.2 Å². The topological polar surface area (TPSA) is 96.0 Å². The van der Waals surface area contributed by atoms with Gasteiger partial charge in [-0.3, -0.25) is 13.9 Å². The zero-order valence-electron chi connectivity index (χ0n) is 23.5. The third-order valence-corrected chi connectivity index (χ3v) is 8.77. The average Bonchev–Trinajstić information content (AvgIpc) is 2.93. The first kappa shape index (κ1) is 32.4. The Hall–Kier alpha value is -3.08.